The molecule has 0 heterocycles. The summed E-state index contributed by atoms with van der Waals surface area (Å²) in [7, 11) is 0. The van der Waals surface area contributed by atoms with E-state index in [2.05, 4.69) is 18.7 Å². The lowest BCUT2D eigenvalue weighted by atomic mass is 10.1. The molecule has 0 fully saturated rings. The molecular formula is C16H26N2O. The minimum Gasteiger partial charge on any atom is -0.494 e. The van der Waals surface area contributed by atoms with E-state index in [1.807, 2.05) is 24.3 Å². The number of ether oxygens (including phenoxy) is 1. The van der Waals surface area contributed by atoms with Gasteiger partial charge in [0.05, 0.1) is 6.61 Å². The minimum absolute atomic E-state index is 0.588. The maximum Gasteiger partial charge on any atom is 0.119 e. The highest BCUT2D eigenvalue weighted by Gasteiger charge is 2.01. The molecule has 0 aliphatic heterocycles. The molecule has 0 saturated carbocycles. The second-order valence-corrected chi connectivity index (χ2v) is 4.79. The third kappa shape index (κ3) is 5.88. The number of nitrogens with one attached hydrogen (secondary N) is 1. The van der Waals surface area contributed by atoms with E-state index in [0.29, 0.717) is 5.71 Å². The Kier molecular flexibility index (Phi) is 7.19. The predicted octanol–water partition coefficient (Wildman–Crippen LogP) is 3.58. The van der Waals surface area contributed by atoms with Gasteiger partial charge in [-0.3, -0.25) is 0 Å². The van der Waals surface area contributed by atoms with Crippen molar-refractivity contribution >= 4 is 5.71 Å². The molecule has 1 aromatic carbocycles. The van der Waals surface area contributed by atoms with E-state index in [1.54, 1.807) is 6.92 Å². The van der Waals surface area contributed by atoms with Crippen LogP contribution < -0.4 is 4.74 Å². The zero-order valence-corrected chi connectivity index (χ0v) is 12.4. The van der Waals surface area contributed by atoms with Gasteiger partial charge in [-0.05, 0) is 62.7 Å². The fourth-order valence-corrected chi connectivity index (χ4v) is 2.02. The van der Waals surface area contributed by atoms with Gasteiger partial charge >= 0.3 is 0 Å². The Hall–Kier alpha value is -1.35. The molecule has 3 heteroatoms. The molecule has 3 nitrogen and oxygen atoms in total. The first-order valence-electron chi connectivity index (χ1n) is 7.18. The van der Waals surface area contributed by atoms with Crippen molar-refractivity contribution in [1.82, 2.24) is 4.90 Å². The molecular weight excluding hydrogens is 236 g/mol. The van der Waals surface area contributed by atoms with Crippen LogP contribution >= 0.6 is 0 Å². The van der Waals surface area contributed by atoms with E-state index >= 15 is 0 Å². The summed E-state index contributed by atoms with van der Waals surface area (Å²) in [4.78, 5) is 2.45. The maximum atomic E-state index is 7.54. The van der Waals surface area contributed by atoms with Crippen LogP contribution in [-0.4, -0.2) is 36.9 Å². The highest BCUT2D eigenvalue weighted by atomic mass is 16.5. The summed E-state index contributed by atoms with van der Waals surface area (Å²) in [6, 6.07) is 7.76. The first-order chi connectivity index (χ1) is 9.17. The quantitative estimate of drug-likeness (QED) is 0.545. The number of benzene rings is 1. The van der Waals surface area contributed by atoms with Gasteiger partial charge in [-0.1, -0.05) is 13.8 Å². The van der Waals surface area contributed by atoms with Gasteiger partial charge in [0, 0.05) is 12.3 Å². The van der Waals surface area contributed by atoms with E-state index in [4.69, 9.17) is 10.1 Å². The summed E-state index contributed by atoms with van der Waals surface area (Å²) in [5.74, 6) is 0.892. The standard InChI is InChI=1S/C16H26N2O/c1-4-11-18(5-2)12-6-13-19-16-9-7-15(8-10-16)14(3)17/h7-10,17H,4-6,11-13H2,1-3H3. The number of hydrogen-bond donors (Lipinski definition) is 1. The largest absolute Gasteiger partial charge is 0.494 e. The Morgan fingerprint density at radius 1 is 1.16 bits per heavy atom. The second kappa shape index (κ2) is 8.70. The summed E-state index contributed by atoms with van der Waals surface area (Å²) in [6.07, 6.45) is 2.26. The third-order valence-corrected chi connectivity index (χ3v) is 3.16. The molecule has 0 aliphatic carbocycles. The highest BCUT2D eigenvalue weighted by molar-refractivity contribution is 5.96. The molecule has 0 bridgehead atoms. The summed E-state index contributed by atoms with van der Waals surface area (Å²) >= 11 is 0. The van der Waals surface area contributed by atoms with E-state index in [0.717, 1.165) is 37.4 Å². The Labute approximate surface area is 117 Å². The van der Waals surface area contributed by atoms with Gasteiger partial charge in [0.15, 0.2) is 0 Å². The summed E-state index contributed by atoms with van der Waals surface area (Å²) < 4.78 is 5.72. The van der Waals surface area contributed by atoms with Crippen molar-refractivity contribution in [3.05, 3.63) is 29.8 Å². The Morgan fingerprint density at radius 2 is 1.84 bits per heavy atom. The van der Waals surface area contributed by atoms with Crippen molar-refractivity contribution < 1.29 is 4.74 Å². The van der Waals surface area contributed by atoms with Crippen LogP contribution in [-0.2, 0) is 0 Å². The predicted molar refractivity (Wildman–Crippen MR) is 81.5 cm³/mol. The lowest BCUT2D eigenvalue weighted by Gasteiger charge is -2.19. The Bertz CT molecular complexity index is 373. The van der Waals surface area contributed by atoms with E-state index < -0.39 is 0 Å². The minimum atomic E-state index is 0.588. The molecule has 0 amide bonds. The molecule has 106 valence electrons. The molecule has 1 aromatic rings. The van der Waals surface area contributed by atoms with Crippen molar-refractivity contribution in [3.63, 3.8) is 0 Å². The van der Waals surface area contributed by atoms with Gasteiger partial charge in [-0.25, -0.2) is 0 Å². The zero-order chi connectivity index (χ0) is 14.1. The third-order valence-electron chi connectivity index (χ3n) is 3.16. The molecule has 19 heavy (non-hydrogen) atoms. The maximum absolute atomic E-state index is 7.54. The first kappa shape index (κ1) is 15.7. The summed E-state index contributed by atoms with van der Waals surface area (Å²) in [6.45, 7) is 10.3. The van der Waals surface area contributed by atoms with Crippen LogP contribution in [0.4, 0.5) is 0 Å². The van der Waals surface area contributed by atoms with Gasteiger partial charge in [-0.2, -0.15) is 0 Å². The number of hydrogen-bond acceptors (Lipinski definition) is 3. The molecule has 0 radical (unpaired) electrons. The lowest BCUT2D eigenvalue weighted by Crippen LogP contribution is -2.26. The highest BCUT2D eigenvalue weighted by Crippen LogP contribution is 2.12. The van der Waals surface area contributed by atoms with Crippen LogP contribution in [0, 0.1) is 5.41 Å². The van der Waals surface area contributed by atoms with E-state index in [1.165, 1.54) is 13.0 Å². The van der Waals surface area contributed by atoms with Crippen molar-refractivity contribution in [1.29, 1.82) is 5.41 Å². The number of rotatable bonds is 9. The van der Waals surface area contributed by atoms with Crippen molar-refractivity contribution in [3.8, 4) is 5.75 Å². The molecule has 0 atom stereocenters. The summed E-state index contributed by atoms with van der Waals surface area (Å²) in [5.41, 5.74) is 1.54. The fraction of sp³-hybridized carbons (Fsp3) is 0.562. The van der Waals surface area contributed by atoms with Crippen LogP contribution in [0.1, 0.15) is 39.2 Å². The second-order valence-electron chi connectivity index (χ2n) is 4.79. The van der Waals surface area contributed by atoms with Crippen LogP contribution in [0.25, 0.3) is 0 Å². The molecule has 0 aliphatic rings. The molecule has 1 N–H and O–H groups in total. The van der Waals surface area contributed by atoms with Gasteiger partial charge in [0.1, 0.15) is 5.75 Å². The average molecular weight is 262 g/mol. The van der Waals surface area contributed by atoms with Crippen molar-refractivity contribution in [2.75, 3.05) is 26.2 Å². The summed E-state index contributed by atoms with van der Waals surface area (Å²) in [5, 5.41) is 7.54. The van der Waals surface area contributed by atoms with E-state index in [9.17, 15) is 0 Å². The van der Waals surface area contributed by atoms with Crippen LogP contribution in [0.2, 0.25) is 0 Å². The van der Waals surface area contributed by atoms with Crippen molar-refractivity contribution in [2.24, 2.45) is 0 Å². The molecule has 0 aromatic heterocycles. The molecule has 0 unspecified atom stereocenters. The first-order valence-corrected chi connectivity index (χ1v) is 7.18. The number of nitrogens with zero attached hydrogens (tertiary/aromatic N) is 1. The normalized spacial score (nSPS) is 10.7. The molecule has 0 spiro atoms. The smallest absolute Gasteiger partial charge is 0.119 e. The lowest BCUT2D eigenvalue weighted by molar-refractivity contribution is 0.242. The monoisotopic (exact) mass is 262 g/mol. The van der Waals surface area contributed by atoms with Crippen molar-refractivity contribution in [2.45, 2.75) is 33.6 Å². The van der Waals surface area contributed by atoms with Gasteiger partial charge < -0.3 is 15.0 Å². The van der Waals surface area contributed by atoms with Crippen LogP contribution in [0.15, 0.2) is 24.3 Å². The van der Waals surface area contributed by atoms with Gasteiger partial charge in [-0.15, -0.1) is 0 Å². The average Bonchev–Trinajstić information content (AvgIpc) is 2.42. The molecule has 1 rings (SSSR count). The zero-order valence-electron chi connectivity index (χ0n) is 12.4. The fourth-order valence-electron chi connectivity index (χ4n) is 2.02. The van der Waals surface area contributed by atoms with Crippen LogP contribution in [0.5, 0.6) is 5.75 Å². The Balaban J connectivity index is 2.27. The molecule has 0 saturated heterocycles. The van der Waals surface area contributed by atoms with Crippen LogP contribution in [0.3, 0.4) is 0 Å². The SMILES string of the molecule is CCCN(CC)CCCOc1ccc(C(C)=N)cc1. The van der Waals surface area contributed by atoms with Gasteiger partial charge in [0.2, 0.25) is 0 Å². The topological polar surface area (TPSA) is 36.3 Å². The van der Waals surface area contributed by atoms with Gasteiger partial charge in [0.25, 0.3) is 0 Å². The Morgan fingerprint density at radius 3 is 2.37 bits per heavy atom. The van der Waals surface area contributed by atoms with E-state index in [-0.39, 0.29) is 0 Å².